The molecule has 1 aromatic rings. The van der Waals surface area contributed by atoms with Crippen LogP contribution in [0.3, 0.4) is 0 Å². The SMILES string of the molecule is O=Cc1cc(Br)c(C=O)c([N+](=O)[O-])c1. The Labute approximate surface area is 87.0 Å². The zero-order chi connectivity index (χ0) is 10.7. The Kier molecular flexibility index (Phi) is 3.08. The summed E-state index contributed by atoms with van der Waals surface area (Å²) in [5, 5.41) is 10.5. The number of benzene rings is 1. The van der Waals surface area contributed by atoms with E-state index in [0.29, 0.717) is 12.6 Å². The van der Waals surface area contributed by atoms with Crippen LogP contribution in [0.25, 0.3) is 0 Å². The van der Waals surface area contributed by atoms with E-state index in [2.05, 4.69) is 15.9 Å². The Hall–Kier alpha value is -1.56. The van der Waals surface area contributed by atoms with Gasteiger partial charge in [-0.1, -0.05) is 0 Å². The van der Waals surface area contributed by atoms with Gasteiger partial charge in [-0.3, -0.25) is 19.7 Å². The maximum atomic E-state index is 10.5. The zero-order valence-electron chi connectivity index (χ0n) is 6.77. The quantitative estimate of drug-likeness (QED) is 0.471. The summed E-state index contributed by atoms with van der Waals surface area (Å²) in [6.07, 6.45) is 0.850. The molecule has 0 saturated heterocycles. The number of nitro benzene ring substituents is 1. The highest BCUT2D eigenvalue weighted by atomic mass is 79.9. The molecule has 0 aliphatic heterocycles. The largest absolute Gasteiger partial charge is 0.298 e. The van der Waals surface area contributed by atoms with E-state index in [1.54, 1.807) is 0 Å². The fraction of sp³-hybridized carbons (Fsp3) is 0. The average molecular weight is 258 g/mol. The van der Waals surface area contributed by atoms with Crippen LogP contribution in [0.4, 0.5) is 5.69 Å². The number of carbonyl (C=O) groups is 2. The van der Waals surface area contributed by atoms with Crippen LogP contribution in [0.1, 0.15) is 20.7 Å². The lowest BCUT2D eigenvalue weighted by Crippen LogP contribution is -1.97. The third-order valence-electron chi connectivity index (χ3n) is 1.58. The van der Waals surface area contributed by atoms with Gasteiger partial charge in [-0.25, -0.2) is 0 Å². The Morgan fingerprint density at radius 1 is 1.29 bits per heavy atom. The Balaban J connectivity index is 3.50. The van der Waals surface area contributed by atoms with Gasteiger partial charge < -0.3 is 0 Å². The van der Waals surface area contributed by atoms with Crippen LogP contribution in [0.2, 0.25) is 0 Å². The molecule has 14 heavy (non-hydrogen) atoms. The van der Waals surface area contributed by atoms with Crippen molar-refractivity contribution in [1.82, 2.24) is 0 Å². The molecule has 0 N–H and O–H groups in total. The highest BCUT2D eigenvalue weighted by Crippen LogP contribution is 2.26. The number of nitrogens with zero attached hydrogens (tertiary/aromatic N) is 1. The molecule has 0 aliphatic carbocycles. The third kappa shape index (κ3) is 1.85. The fourth-order valence-corrected chi connectivity index (χ4v) is 1.52. The molecule has 1 rings (SSSR count). The van der Waals surface area contributed by atoms with Crippen molar-refractivity contribution in [1.29, 1.82) is 0 Å². The summed E-state index contributed by atoms with van der Waals surface area (Å²) in [6, 6.07) is 2.41. The highest BCUT2D eigenvalue weighted by molar-refractivity contribution is 9.10. The number of rotatable bonds is 3. The lowest BCUT2D eigenvalue weighted by molar-refractivity contribution is -0.385. The molecule has 0 aromatic heterocycles. The second kappa shape index (κ2) is 4.10. The first kappa shape index (κ1) is 10.5. The molecule has 0 spiro atoms. The molecule has 0 unspecified atom stereocenters. The summed E-state index contributed by atoms with van der Waals surface area (Å²) in [6.45, 7) is 0. The van der Waals surface area contributed by atoms with Gasteiger partial charge in [0.25, 0.3) is 5.69 Å². The molecule has 0 amide bonds. The van der Waals surface area contributed by atoms with Crippen LogP contribution in [-0.2, 0) is 0 Å². The van der Waals surface area contributed by atoms with Crippen molar-refractivity contribution in [3.63, 3.8) is 0 Å². The minimum absolute atomic E-state index is 0.0689. The molecule has 0 saturated carbocycles. The van der Waals surface area contributed by atoms with Crippen LogP contribution in [0.5, 0.6) is 0 Å². The summed E-state index contributed by atoms with van der Waals surface area (Å²) in [7, 11) is 0. The van der Waals surface area contributed by atoms with Crippen molar-refractivity contribution in [3.8, 4) is 0 Å². The van der Waals surface area contributed by atoms with Crippen LogP contribution in [0.15, 0.2) is 16.6 Å². The second-order valence-corrected chi connectivity index (χ2v) is 3.28. The minimum atomic E-state index is -0.707. The summed E-state index contributed by atoms with van der Waals surface area (Å²) in [4.78, 5) is 30.7. The van der Waals surface area contributed by atoms with Gasteiger partial charge in [-0.15, -0.1) is 0 Å². The number of halogens is 1. The van der Waals surface area contributed by atoms with Crippen molar-refractivity contribution < 1.29 is 14.5 Å². The van der Waals surface area contributed by atoms with Crippen molar-refractivity contribution in [2.24, 2.45) is 0 Å². The first-order chi connectivity index (χ1) is 6.60. The van der Waals surface area contributed by atoms with Gasteiger partial charge in [0, 0.05) is 16.1 Å². The summed E-state index contributed by atoms with van der Waals surface area (Å²) < 4.78 is 0.240. The normalized spacial score (nSPS) is 9.50. The van der Waals surface area contributed by atoms with Crippen molar-refractivity contribution in [3.05, 3.63) is 37.8 Å². The van der Waals surface area contributed by atoms with E-state index in [1.807, 2.05) is 0 Å². The molecule has 0 radical (unpaired) electrons. The van der Waals surface area contributed by atoms with Crippen molar-refractivity contribution in [2.75, 3.05) is 0 Å². The van der Waals surface area contributed by atoms with Crippen molar-refractivity contribution in [2.45, 2.75) is 0 Å². The molecular weight excluding hydrogens is 254 g/mol. The topological polar surface area (TPSA) is 77.3 Å². The zero-order valence-corrected chi connectivity index (χ0v) is 8.35. The van der Waals surface area contributed by atoms with E-state index in [-0.39, 0.29) is 21.3 Å². The standard InChI is InChI=1S/C8H4BrNO4/c9-7-1-5(3-11)2-8(10(13)14)6(7)4-12/h1-4H. The van der Waals surface area contributed by atoms with E-state index in [9.17, 15) is 19.7 Å². The Morgan fingerprint density at radius 2 is 1.93 bits per heavy atom. The van der Waals surface area contributed by atoms with Crippen LogP contribution >= 0.6 is 15.9 Å². The Bertz CT molecular complexity index is 416. The summed E-state index contributed by atoms with van der Waals surface area (Å²) >= 11 is 2.97. The highest BCUT2D eigenvalue weighted by Gasteiger charge is 2.17. The number of carbonyl (C=O) groups excluding carboxylic acids is 2. The average Bonchev–Trinajstić information content (AvgIpc) is 2.16. The van der Waals surface area contributed by atoms with Crippen LogP contribution in [0, 0.1) is 10.1 Å². The third-order valence-corrected chi connectivity index (χ3v) is 2.24. The maximum Gasteiger partial charge on any atom is 0.281 e. The molecule has 0 atom stereocenters. The van der Waals surface area contributed by atoms with Crippen molar-refractivity contribution >= 4 is 34.2 Å². The Morgan fingerprint density at radius 3 is 2.36 bits per heavy atom. The molecule has 72 valence electrons. The molecule has 6 heteroatoms. The monoisotopic (exact) mass is 257 g/mol. The number of hydrogen-bond donors (Lipinski definition) is 0. The van der Waals surface area contributed by atoms with Crippen LogP contribution < -0.4 is 0 Å². The lowest BCUT2D eigenvalue weighted by atomic mass is 10.1. The van der Waals surface area contributed by atoms with Gasteiger partial charge in [-0.2, -0.15) is 0 Å². The summed E-state index contributed by atoms with van der Waals surface area (Å²) in [5.74, 6) is 0. The first-order valence-electron chi connectivity index (χ1n) is 3.48. The van der Waals surface area contributed by atoms with Gasteiger partial charge in [-0.05, 0) is 22.0 Å². The van der Waals surface area contributed by atoms with Gasteiger partial charge in [0.2, 0.25) is 0 Å². The van der Waals surface area contributed by atoms with Gasteiger partial charge in [0.1, 0.15) is 11.8 Å². The van der Waals surface area contributed by atoms with E-state index in [0.717, 1.165) is 6.07 Å². The van der Waals surface area contributed by atoms with E-state index < -0.39 is 4.92 Å². The number of hydrogen-bond acceptors (Lipinski definition) is 4. The second-order valence-electron chi connectivity index (χ2n) is 2.43. The predicted octanol–water partition coefficient (Wildman–Crippen LogP) is 1.98. The molecule has 1 aromatic carbocycles. The number of aldehydes is 2. The van der Waals surface area contributed by atoms with Gasteiger partial charge in [0.15, 0.2) is 6.29 Å². The first-order valence-corrected chi connectivity index (χ1v) is 4.27. The lowest BCUT2D eigenvalue weighted by Gasteiger charge is -1.99. The minimum Gasteiger partial charge on any atom is -0.298 e. The van der Waals surface area contributed by atoms with Gasteiger partial charge >= 0.3 is 0 Å². The maximum absolute atomic E-state index is 10.5. The van der Waals surface area contributed by atoms with E-state index in [1.165, 1.54) is 6.07 Å². The molecular formula is C8H4BrNO4. The predicted molar refractivity (Wildman–Crippen MR) is 51.6 cm³/mol. The smallest absolute Gasteiger partial charge is 0.281 e. The molecule has 0 aliphatic rings. The number of nitro groups is 1. The molecule has 0 bridgehead atoms. The van der Waals surface area contributed by atoms with Gasteiger partial charge in [0.05, 0.1) is 4.92 Å². The van der Waals surface area contributed by atoms with E-state index >= 15 is 0 Å². The van der Waals surface area contributed by atoms with E-state index in [4.69, 9.17) is 0 Å². The molecule has 0 fully saturated rings. The van der Waals surface area contributed by atoms with Crippen LogP contribution in [-0.4, -0.2) is 17.5 Å². The molecule has 5 nitrogen and oxygen atoms in total. The summed E-state index contributed by atoms with van der Waals surface area (Å²) in [5.41, 5.74) is -0.300. The molecule has 0 heterocycles. The fourth-order valence-electron chi connectivity index (χ4n) is 0.959.